The zero-order chi connectivity index (χ0) is 18.5. The molecule has 0 saturated heterocycles. The fraction of sp³-hybridized carbons (Fsp3) is 0.714. The van der Waals surface area contributed by atoms with Crippen LogP contribution in [0.1, 0.15) is 102 Å². The molecule has 0 aliphatic carbocycles. The Morgan fingerprint density at radius 1 is 0.808 bits per heavy atom. The van der Waals surface area contributed by atoms with Crippen LogP contribution < -0.4 is 29.6 Å². The molecule has 0 aliphatic heterocycles. The second kappa shape index (κ2) is 15.1. The van der Waals surface area contributed by atoms with E-state index in [-0.39, 0.29) is 34.5 Å². The van der Waals surface area contributed by atoms with E-state index in [0.29, 0.717) is 5.92 Å². The van der Waals surface area contributed by atoms with E-state index in [4.69, 9.17) is 0 Å². The van der Waals surface area contributed by atoms with Crippen LogP contribution in [-0.2, 0) is 10.1 Å². The van der Waals surface area contributed by atoms with Crippen molar-refractivity contribution >= 4 is 10.1 Å². The van der Waals surface area contributed by atoms with Gasteiger partial charge in [-0.25, -0.2) is 8.42 Å². The van der Waals surface area contributed by atoms with Crippen molar-refractivity contribution in [2.45, 2.75) is 102 Å². The maximum Gasteiger partial charge on any atom is 1.00 e. The van der Waals surface area contributed by atoms with E-state index >= 15 is 0 Å². The zero-order valence-electron chi connectivity index (χ0n) is 17.0. The van der Waals surface area contributed by atoms with E-state index in [2.05, 4.69) is 13.8 Å². The topological polar surface area (TPSA) is 57.2 Å². The minimum Gasteiger partial charge on any atom is -0.744 e. The molecule has 0 heterocycles. The molecule has 1 aromatic carbocycles. The second-order valence-electron chi connectivity index (χ2n) is 7.25. The van der Waals surface area contributed by atoms with Crippen molar-refractivity contribution in [1.82, 2.24) is 0 Å². The standard InChI is InChI=1S/C21H36O3S.Na/c1-3-4-5-6-7-8-9-10-11-12-13-14-19(2)20-15-17-21(18-16-20)25(22,23)24;/h15-19H,3-14H2,1-2H3,(H,22,23,24);/q;+1/p-1. The summed E-state index contributed by atoms with van der Waals surface area (Å²) in [6.45, 7) is 4.42. The van der Waals surface area contributed by atoms with Gasteiger partial charge in [-0.15, -0.1) is 0 Å². The monoisotopic (exact) mass is 390 g/mol. The van der Waals surface area contributed by atoms with Crippen LogP contribution >= 0.6 is 0 Å². The summed E-state index contributed by atoms with van der Waals surface area (Å²) in [5, 5.41) is 0. The Kier molecular flexibility index (Phi) is 15.2. The zero-order valence-corrected chi connectivity index (χ0v) is 19.8. The fourth-order valence-electron chi connectivity index (χ4n) is 3.24. The summed E-state index contributed by atoms with van der Waals surface area (Å²) in [5.74, 6) is 0.405. The van der Waals surface area contributed by atoms with Crippen LogP contribution in [0.15, 0.2) is 29.2 Å². The van der Waals surface area contributed by atoms with Gasteiger partial charge in [0.1, 0.15) is 10.1 Å². The average Bonchev–Trinajstić information content (AvgIpc) is 2.59. The van der Waals surface area contributed by atoms with Crippen LogP contribution in [0.5, 0.6) is 0 Å². The summed E-state index contributed by atoms with van der Waals surface area (Å²) in [6.07, 6.45) is 15.9. The average molecular weight is 391 g/mol. The van der Waals surface area contributed by atoms with E-state index < -0.39 is 10.1 Å². The number of hydrogen-bond donors (Lipinski definition) is 0. The van der Waals surface area contributed by atoms with Gasteiger partial charge in [0.15, 0.2) is 0 Å². The van der Waals surface area contributed by atoms with Crippen molar-refractivity contribution in [3.05, 3.63) is 29.8 Å². The summed E-state index contributed by atoms with van der Waals surface area (Å²) < 4.78 is 32.8. The first-order valence-corrected chi connectivity index (χ1v) is 11.4. The first kappa shape index (κ1) is 26.1. The third-order valence-corrected chi connectivity index (χ3v) is 5.83. The van der Waals surface area contributed by atoms with E-state index in [9.17, 15) is 13.0 Å². The van der Waals surface area contributed by atoms with Gasteiger partial charge in [-0.3, -0.25) is 0 Å². The Morgan fingerprint density at radius 2 is 1.23 bits per heavy atom. The minimum absolute atomic E-state index is 0. The van der Waals surface area contributed by atoms with Crippen molar-refractivity contribution in [2.24, 2.45) is 0 Å². The molecule has 26 heavy (non-hydrogen) atoms. The summed E-state index contributed by atoms with van der Waals surface area (Å²) in [4.78, 5) is -0.141. The van der Waals surface area contributed by atoms with Gasteiger partial charge in [-0.2, -0.15) is 0 Å². The Morgan fingerprint density at radius 3 is 1.65 bits per heavy atom. The van der Waals surface area contributed by atoms with Crippen molar-refractivity contribution in [2.75, 3.05) is 0 Å². The molecule has 0 fully saturated rings. The van der Waals surface area contributed by atoms with E-state index in [1.807, 2.05) is 0 Å². The van der Waals surface area contributed by atoms with Gasteiger partial charge < -0.3 is 4.55 Å². The van der Waals surface area contributed by atoms with Crippen molar-refractivity contribution in [1.29, 1.82) is 0 Å². The Bertz CT molecular complexity index is 555. The van der Waals surface area contributed by atoms with Gasteiger partial charge in [0.05, 0.1) is 4.90 Å². The molecule has 3 nitrogen and oxygen atoms in total. The minimum atomic E-state index is -4.33. The fourth-order valence-corrected chi connectivity index (χ4v) is 3.71. The van der Waals surface area contributed by atoms with Gasteiger partial charge in [-0.05, 0) is 30.0 Å². The number of hydrogen-bond acceptors (Lipinski definition) is 3. The van der Waals surface area contributed by atoms with Gasteiger partial charge in [-0.1, -0.05) is 96.6 Å². The van der Waals surface area contributed by atoms with Crippen molar-refractivity contribution in [3.8, 4) is 0 Å². The van der Waals surface area contributed by atoms with Crippen LogP contribution in [-0.4, -0.2) is 13.0 Å². The number of benzene rings is 1. The summed E-state index contributed by atoms with van der Waals surface area (Å²) in [6, 6.07) is 6.39. The predicted molar refractivity (Wildman–Crippen MR) is 104 cm³/mol. The van der Waals surface area contributed by atoms with Gasteiger partial charge in [0, 0.05) is 0 Å². The molecular formula is C21H35NaO3S. The van der Waals surface area contributed by atoms with Crippen LogP contribution in [0.25, 0.3) is 0 Å². The van der Waals surface area contributed by atoms with E-state index in [1.165, 1.54) is 82.8 Å². The molecule has 5 heteroatoms. The van der Waals surface area contributed by atoms with Crippen LogP contribution in [0.3, 0.4) is 0 Å². The van der Waals surface area contributed by atoms with Gasteiger partial charge in [0.2, 0.25) is 0 Å². The van der Waals surface area contributed by atoms with Crippen molar-refractivity contribution < 1.29 is 42.5 Å². The molecule has 0 bridgehead atoms. The van der Waals surface area contributed by atoms with Crippen LogP contribution in [0, 0.1) is 0 Å². The molecular weight excluding hydrogens is 355 g/mol. The van der Waals surface area contributed by atoms with Gasteiger partial charge >= 0.3 is 29.6 Å². The Hall–Kier alpha value is 0.130. The molecule has 0 N–H and O–H groups in total. The SMILES string of the molecule is CCCCCCCCCCCCCC(C)c1ccc(S(=O)(=O)[O-])cc1.[Na+]. The maximum absolute atomic E-state index is 10.9. The molecule has 1 rings (SSSR count). The first-order valence-electron chi connectivity index (χ1n) is 10.0. The van der Waals surface area contributed by atoms with Crippen LogP contribution in [0.2, 0.25) is 0 Å². The quantitative estimate of drug-likeness (QED) is 0.278. The molecule has 1 unspecified atom stereocenters. The third kappa shape index (κ3) is 11.8. The Labute approximate surface area is 183 Å². The molecule has 0 radical (unpaired) electrons. The molecule has 1 aromatic rings. The number of unbranched alkanes of at least 4 members (excludes halogenated alkanes) is 10. The molecule has 0 aromatic heterocycles. The molecule has 0 spiro atoms. The smallest absolute Gasteiger partial charge is 0.744 e. The molecule has 0 saturated carbocycles. The summed E-state index contributed by atoms with van der Waals surface area (Å²) in [7, 11) is -4.33. The third-order valence-electron chi connectivity index (χ3n) is 4.98. The molecule has 0 aliphatic rings. The maximum atomic E-state index is 10.9. The van der Waals surface area contributed by atoms with Gasteiger partial charge in [0.25, 0.3) is 0 Å². The summed E-state index contributed by atoms with van der Waals surface area (Å²) in [5.41, 5.74) is 1.11. The van der Waals surface area contributed by atoms with Crippen molar-refractivity contribution in [3.63, 3.8) is 0 Å². The largest absolute Gasteiger partial charge is 1.00 e. The second-order valence-corrected chi connectivity index (χ2v) is 8.63. The number of rotatable bonds is 14. The van der Waals surface area contributed by atoms with E-state index in [1.54, 1.807) is 12.1 Å². The normalized spacial score (nSPS) is 12.6. The first-order chi connectivity index (χ1) is 11.9. The molecule has 0 amide bonds. The predicted octanol–water partition coefficient (Wildman–Crippen LogP) is 3.40. The molecule has 144 valence electrons. The molecule has 1 atom stereocenters. The summed E-state index contributed by atoms with van der Waals surface area (Å²) >= 11 is 0. The Balaban J connectivity index is 0.00000625. The van der Waals surface area contributed by atoms with E-state index in [0.717, 1.165) is 12.0 Å². The van der Waals surface area contributed by atoms with Crippen LogP contribution in [0.4, 0.5) is 0 Å².